The molecule has 12 heteroatoms. The maximum Gasteiger partial charge on any atom is 0.419 e. The quantitative estimate of drug-likeness (QED) is 0.119. The van der Waals surface area contributed by atoms with Gasteiger partial charge in [-0.1, -0.05) is 52.9 Å². The van der Waals surface area contributed by atoms with Crippen molar-refractivity contribution in [3.05, 3.63) is 57.7 Å². The van der Waals surface area contributed by atoms with Gasteiger partial charge in [0.05, 0.1) is 5.56 Å². The number of alkyl halides is 3. The summed E-state index contributed by atoms with van der Waals surface area (Å²) in [5, 5.41) is 0. The van der Waals surface area contributed by atoms with Crippen molar-refractivity contribution in [1.82, 2.24) is 0 Å². The van der Waals surface area contributed by atoms with Gasteiger partial charge in [0.15, 0.2) is 40.7 Å². The molecule has 3 unspecified atom stereocenters. The monoisotopic (exact) mass is 582 g/mol. The lowest BCUT2D eigenvalue weighted by Gasteiger charge is -2.19. The van der Waals surface area contributed by atoms with Gasteiger partial charge in [-0.3, -0.25) is 0 Å². The van der Waals surface area contributed by atoms with Gasteiger partial charge < -0.3 is 0 Å². The Morgan fingerprint density at radius 2 is 1.13 bits per heavy atom. The molecule has 0 heterocycles. The van der Waals surface area contributed by atoms with Crippen LogP contribution in [-0.2, 0) is 6.18 Å². The molecule has 0 aliphatic heterocycles. The second-order valence-corrected chi connectivity index (χ2v) is 10.2. The van der Waals surface area contributed by atoms with E-state index in [1.165, 1.54) is 38.3 Å². The Hall–Kier alpha value is -1.90. The number of hydrogen-bond acceptors (Lipinski definition) is 0. The van der Waals surface area contributed by atoms with Crippen LogP contribution in [0.3, 0.4) is 0 Å². The average Bonchev–Trinajstić information content (AvgIpc) is 2.85. The second kappa shape index (κ2) is 14.5. The van der Waals surface area contributed by atoms with E-state index < -0.39 is 75.0 Å². The minimum absolute atomic E-state index is 0.362. The number of hydrogen-bond donors (Lipinski definition) is 0. The molecule has 0 aromatic heterocycles. The minimum atomic E-state index is -5.83. The molecule has 0 aliphatic carbocycles. The van der Waals surface area contributed by atoms with Crippen LogP contribution in [0.2, 0.25) is 0 Å². The summed E-state index contributed by atoms with van der Waals surface area (Å²) in [7, 11) is 1.14. The van der Waals surface area contributed by atoms with Crippen LogP contribution in [-0.4, -0.2) is 12.8 Å². The van der Waals surface area contributed by atoms with Crippen LogP contribution in [0.5, 0.6) is 0 Å². The highest BCUT2D eigenvalue weighted by Gasteiger charge is 2.43. The number of benzene rings is 2. The third kappa shape index (κ3) is 7.82. The molecule has 2 rings (SSSR count). The van der Waals surface area contributed by atoms with Gasteiger partial charge in [0.1, 0.15) is 5.56 Å². The van der Waals surface area contributed by atoms with Crippen molar-refractivity contribution in [2.24, 2.45) is 11.8 Å². The summed E-state index contributed by atoms with van der Waals surface area (Å²) < 4.78 is 146. The third-order valence-electron chi connectivity index (χ3n) is 6.20. The summed E-state index contributed by atoms with van der Waals surface area (Å²) in [5.74, 6) is -19.3. The van der Waals surface area contributed by atoms with Crippen molar-refractivity contribution >= 4 is 8.58 Å². The van der Waals surface area contributed by atoms with Gasteiger partial charge in [-0.25, -0.2) is 35.1 Å². The van der Waals surface area contributed by atoms with E-state index in [-0.39, 0.29) is 0 Å². The fourth-order valence-corrected chi connectivity index (χ4v) is 5.01. The molecule has 0 saturated carbocycles. The van der Waals surface area contributed by atoms with Crippen LogP contribution in [0.25, 0.3) is 11.1 Å². The Bertz CT molecular complexity index is 1070. The maximum absolute atomic E-state index is 13.8. The molecule has 0 aliphatic rings. The predicted octanol–water partition coefficient (Wildman–Crippen LogP) is 10.3. The van der Waals surface area contributed by atoms with E-state index in [1.807, 2.05) is 0 Å². The summed E-state index contributed by atoms with van der Waals surface area (Å²) >= 11 is 0. The predicted molar refractivity (Wildman–Crippen MR) is 127 cm³/mol. The summed E-state index contributed by atoms with van der Waals surface area (Å²) in [5.41, 5.74) is -8.45. The molecule has 216 valence electrons. The zero-order valence-electron chi connectivity index (χ0n) is 21.6. The first-order chi connectivity index (χ1) is 17.6. The fraction of sp³-hybridized carbons (Fsp3) is 0.538. The van der Waals surface area contributed by atoms with Crippen molar-refractivity contribution in [3.63, 3.8) is 0 Å². The van der Waals surface area contributed by atoms with Crippen molar-refractivity contribution in [2.45, 2.75) is 66.0 Å². The molecule has 0 bridgehead atoms. The van der Waals surface area contributed by atoms with Crippen molar-refractivity contribution in [1.29, 1.82) is 0 Å². The second-order valence-electron chi connectivity index (χ2n) is 9.06. The lowest BCUT2D eigenvalue weighted by atomic mass is 9.92. The zero-order valence-corrected chi connectivity index (χ0v) is 22.6. The van der Waals surface area contributed by atoms with E-state index in [4.69, 9.17) is 0 Å². The van der Waals surface area contributed by atoms with Gasteiger partial charge in [-0.05, 0) is 37.1 Å². The lowest BCUT2D eigenvalue weighted by molar-refractivity contribution is -0.139. The average molecular weight is 582 g/mol. The van der Waals surface area contributed by atoms with Crippen LogP contribution < -0.4 is 0 Å². The van der Waals surface area contributed by atoms with Crippen LogP contribution >= 0.6 is 8.58 Å². The summed E-state index contributed by atoms with van der Waals surface area (Å²) in [6.07, 6.45) is 2.73. The molecule has 0 amide bonds. The smallest absolute Gasteiger partial charge is 0.203 e. The van der Waals surface area contributed by atoms with Crippen LogP contribution in [0.4, 0.5) is 48.3 Å². The molecule has 0 nitrogen and oxygen atoms in total. The van der Waals surface area contributed by atoms with Crippen LogP contribution in [0.15, 0.2) is 0 Å². The number of halogens is 11. The van der Waals surface area contributed by atoms with Crippen molar-refractivity contribution in [3.8, 4) is 11.1 Å². The van der Waals surface area contributed by atoms with E-state index >= 15 is 0 Å². The van der Waals surface area contributed by atoms with E-state index in [0.717, 1.165) is 20.4 Å². The molecule has 0 saturated heterocycles. The minimum Gasteiger partial charge on any atom is -0.203 e. The zero-order chi connectivity index (χ0) is 29.5. The first-order valence-corrected chi connectivity index (χ1v) is 13.7. The fourth-order valence-electron chi connectivity index (χ4n) is 4.11. The Morgan fingerprint density at radius 3 is 1.55 bits per heavy atom. The van der Waals surface area contributed by atoms with Gasteiger partial charge in [0.25, 0.3) is 0 Å². The SMILES string of the molecule is CCCC(CC)CCC(C)CPC.Cc1c(F)c(F)c(F)c(C(F)(F)F)c1-c1c(F)c(F)c(F)c(F)c1F. The van der Waals surface area contributed by atoms with Gasteiger partial charge in [-0.2, -0.15) is 13.2 Å². The first kappa shape index (κ1) is 34.1. The lowest BCUT2D eigenvalue weighted by Crippen LogP contribution is -2.17. The summed E-state index contributed by atoms with van der Waals surface area (Å²) in [4.78, 5) is 0. The summed E-state index contributed by atoms with van der Waals surface area (Å²) in [6, 6.07) is 0. The Morgan fingerprint density at radius 1 is 0.658 bits per heavy atom. The van der Waals surface area contributed by atoms with E-state index in [1.54, 1.807) is 0 Å². The molecule has 2 aromatic carbocycles. The van der Waals surface area contributed by atoms with E-state index in [0.29, 0.717) is 6.92 Å². The Kier molecular flexibility index (Phi) is 13.0. The standard InChI is InChI=1S/C14H3F11.C12H27P/c1-2-3(4-7(16)11(20)13(22)12(21)8(4)17)5(14(23,24)25)9(18)10(19)6(2)15;1-5-7-12(6-2)9-8-11(3)10-13-4/h1H3;11-13H,5-10H2,1-4H3. The highest BCUT2D eigenvalue weighted by Crippen LogP contribution is 2.45. The van der Waals surface area contributed by atoms with Gasteiger partial charge in [0.2, 0.25) is 5.82 Å². The number of rotatable bonds is 9. The molecule has 38 heavy (non-hydrogen) atoms. The van der Waals surface area contributed by atoms with Gasteiger partial charge in [0, 0.05) is 5.56 Å². The molecule has 0 N–H and O–H groups in total. The van der Waals surface area contributed by atoms with E-state index in [9.17, 15) is 48.3 Å². The van der Waals surface area contributed by atoms with Crippen molar-refractivity contribution < 1.29 is 48.3 Å². The van der Waals surface area contributed by atoms with Crippen LogP contribution in [0, 0.1) is 65.3 Å². The molecule has 0 radical (unpaired) electrons. The maximum atomic E-state index is 13.8. The molecular formula is C26H30F11P. The summed E-state index contributed by atoms with van der Waals surface area (Å²) in [6.45, 7) is 9.74. The molecular weight excluding hydrogens is 552 g/mol. The first-order valence-electron chi connectivity index (χ1n) is 12.0. The topological polar surface area (TPSA) is 0 Å². The highest BCUT2D eigenvalue weighted by molar-refractivity contribution is 7.36. The Labute approximate surface area is 216 Å². The normalized spacial score (nSPS) is 13.6. The molecule has 3 atom stereocenters. The van der Waals surface area contributed by atoms with Crippen molar-refractivity contribution in [2.75, 3.05) is 12.8 Å². The molecule has 2 aromatic rings. The van der Waals surface area contributed by atoms with Crippen LogP contribution in [0.1, 0.15) is 64.0 Å². The highest BCUT2D eigenvalue weighted by atomic mass is 31.1. The molecule has 0 spiro atoms. The largest absolute Gasteiger partial charge is 0.419 e. The van der Waals surface area contributed by atoms with E-state index in [2.05, 4.69) is 27.4 Å². The Balaban J connectivity index is 0.000000471. The third-order valence-corrected chi connectivity index (χ3v) is 7.30. The van der Waals surface area contributed by atoms with Gasteiger partial charge in [-0.15, -0.1) is 8.58 Å². The van der Waals surface area contributed by atoms with Gasteiger partial charge >= 0.3 is 6.18 Å². The molecule has 0 fully saturated rings.